The number of thioether (sulfide) groups is 1. The molecular weight excluding hydrogens is 399 g/mol. The SMILES string of the molecule is Cc1ccc(-n2nc3c(c2NC(=O)c2ccc(C(F)(F)F)cc2)CSC3)c(C)c1. The van der Waals surface area contributed by atoms with Gasteiger partial charge in [-0.25, -0.2) is 4.68 Å². The van der Waals surface area contributed by atoms with Gasteiger partial charge in [-0.2, -0.15) is 30.0 Å². The lowest BCUT2D eigenvalue weighted by Gasteiger charge is -2.14. The van der Waals surface area contributed by atoms with Crippen LogP contribution in [0.4, 0.5) is 19.0 Å². The Kier molecular flexibility index (Phi) is 4.90. The number of aryl methyl sites for hydroxylation is 2. The number of carbonyl (C=O) groups excluding carboxylic acids is 1. The van der Waals surface area contributed by atoms with E-state index in [-0.39, 0.29) is 5.56 Å². The molecule has 8 heteroatoms. The van der Waals surface area contributed by atoms with Crippen molar-refractivity contribution in [3.63, 3.8) is 0 Å². The number of amides is 1. The van der Waals surface area contributed by atoms with Crippen molar-refractivity contribution in [2.75, 3.05) is 5.32 Å². The van der Waals surface area contributed by atoms with Crippen molar-refractivity contribution in [2.45, 2.75) is 31.5 Å². The van der Waals surface area contributed by atoms with Crippen molar-refractivity contribution in [3.8, 4) is 5.69 Å². The monoisotopic (exact) mass is 417 g/mol. The maximum absolute atomic E-state index is 12.8. The normalized spacial score (nSPS) is 13.4. The lowest BCUT2D eigenvalue weighted by atomic mass is 10.1. The number of benzene rings is 2. The van der Waals surface area contributed by atoms with E-state index in [2.05, 4.69) is 10.4 Å². The third kappa shape index (κ3) is 3.76. The van der Waals surface area contributed by atoms with Crippen LogP contribution < -0.4 is 5.32 Å². The average molecular weight is 417 g/mol. The molecule has 4 nitrogen and oxygen atoms in total. The van der Waals surface area contributed by atoms with Gasteiger partial charge >= 0.3 is 6.18 Å². The van der Waals surface area contributed by atoms with E-state index < -0.39 is 17.6 Å². The lowest BCUT2D eigenvalue weighted by molar-refractivity contribution is -0.137. The van der Waals surface area contributed by atoms with Crippen LogP contribution in [0.15, 0.2) is 42.5 Å². The molecule has 1 aliphatic rings. The van der Waals surface area contributed by atoms with Crippen molar-refractivity contribution >= 4 is 23.5 Å². The first kappa shape index (κ1) is 19.6. The number of fused-ring (bicyclic) bond motifs is 1. The van der Waals surface area contributed by atoms with Crippen molar-refractivity contribution in [3.05, 3.63) is 76.0 Å². The molecule has 2 heterocycles. The highest BCUT2D eigenvalue weighted by Gasteiger charge is 2.30. The predicted octanol–water partition coefficient (Wildman–Crippen LogP) is 5.51. The maximum Gasteiger partial charge on any atom is 0.416 e. The molecule has 0 spiro atoms. The van der Waals surface area contributed by atoms with Gasteiger partial charge in [-0.15, -0.1) is 0 Å². The van der Waals surface area contributed by atoms with Gasteiger partial charge in [-0.1, -0.05) is 17.7 Å². The number of nitrogens with zero attached hydrogens (tertiary/aromatic N) is 2. The van der Waals surface area contributed by atoms with Gasteiger partial charge in [-0.3, -0.25) is 4.79 Å². The van der Waals surface area contributed by atoms with Gasteiger partial charge in [0.2, 0.25) is 0 Å². The topological polar surface area (TPSA) is 46.9 Å². The Morgan fingerprint density at radius 1 is 1.10 bits per heavy atom. The Morgan fingerprint density at radius 2 is 1.83 bits per heavy atom. The lowest BCUT2D eigenvalue weighted by Crippen LogP contribution is -2.17. The molecule has 0 aliphatic carbocycles. The first-order valence-electron chi connectivity index (χ1n) is 8.99. The molecule has 1 N–H and O–H groups in total. The summed E-state index contributed by atoms with van der Waals surface area (Å²) in [6.45, 7) is 3.98. The number of alkyl halides is 3. The fourth-order valence-corrected chi connectivity index (χ4v) is 4.38. The fourth-order valence-electron chi connectivity index (χ4n) is 3.35. The number of carbonyl (C=O) groups is 1. The molecule has 29 heavy (non-hydrogen) atoms. The molecule has 0 radical (unpaired) electrons. The first-order valence-corrected chi connectivity index (χ1v) is 10.1. The molecule has 0 fully saturated rings. The Hall–Kier alpha value is -2.74. The van der Waals surface area contributed by atoms with Gasteiger partial charge < -0.3 is 5.32 Å². The Balaban J connectivity index is 1.69. The fraction of sp³-hybridized carbons (Fsp3) is 0.238. The zero-order valence-corrected chi connectivity index (χ0v) is 16.6. The second-order valence-corrected chi connectivity index (χ2v) is 7.98. The van der Waals surface area contributed by atoms with Crippen molar-refractivity contribution < 1.29 is 18.0 Å². The third-order valence-electron chi connectivity index (χ3n) is 4.84. The molecule has 0 atom stereocenters. The summed E-state index contributed by atoms with van der Waals surface area (Å²) in [5.41, 5.74) is 4.24. The van der Waals surface area contributed by atoms with E-state index in [9.17, 15) is 18.0 Å². The molecule has 150 valence electrons. The van der Waals surface area contributed by atoms with Crippen LogP contribution >= 0.6 is 11.8 Å². The van der Waals surface area contributed by atoms with Crippen LogP contribution in [0.25, 0.3) is 5.69 Å². The average Bonchev–Trinajstić information content (AvgIpc) is 3.24. The summed E-state index contributed by atoms with van der Waals surface area (Å²) in [7, 11) is 0. The molecule has 2 aromatic carbocycles. The minimum atomic E-state index is -4.44. The number of hydrogen-bond acceptors (Lipinski definition) is 3. The number of anilines is 1. The van der Waals surface area contributed by atoms with Crippen LogP contribution in [0.5, 0.6) is 0 Å². The van der Waals surface area contributed by atoms with Crippen molar-refractivity contribution in [2.24, 2.45) is 0 Å². The second kappa shape index (κ2) is 7.26. The van der Waals surface area contributed by atoms with E-state index in [4.69, 9.17) is 0 Å². The predicted molar refractivity (Wildman–Crippen MR) is 107 cm³/mol. The summed E-state index contributed by atoms with van der Waals surface area (Å²) in [4.78, 5) is 12.8. The van der Waals surface area contributed by atoms with Gasteiger partial charge in [0, 0.05) is 22.6 Å². The smallest absolute Gasteiger partial charge is 0.306 e. The van der Waals surface area contributed by atoms with Crippen LogP contribution in [0, 0.1) is 13.8 Å². The van der Waals surface area contributed by atoms with Crippen molar-refractivity contribution in [1.29, 1.82) is 0 Å². The van der Waals surface area contributed by atoms with E-state index in [0.717, 1.165) is 51.7 Å². The van der Waals surface area contributed by atoms with E-state index in [0.29, 0.717) is 5.82 Å². The van der Waals surface area contributed by atoms with Gasteiger partial charge in [0.15, 0.2) is 0 Å². The standard InChI is InChI=1S/C21H18F3N3OS/c1-12-3-8-18(13(2)9-12)27-19(16-10-29-11-17(16)26-27)25-20(28)14-4-6-15(7-5-14)21(22,23)24/h3-9H,10-11H2,1-2H3,(H,25,28). The number of aromatic nitrogens is 2. The zero-order valence-electron chi connectivity index (χ0n) is 15.8. The molecule has 0 unspecified atom stereocenters. The summed E-state index contributed by atoms with van der Waals surface area (Å²) in [6.07, 6.45) is -4.44. The molecule has 3 aromatic rings. The largest absolute Gasteiger partial charge is 0.416 e. The minimum Gasteiger partial charge on any atom is -0.306 e. The highest BCUT2D eigenvalue weighted by molar-refractivity contribution is 7.98. The molecule has 0 saturated heterocycles. The first-order chi connectivity index (χ1) is 13.7. The quantitative estimate of drug-likeness (QED) is 0.612. The number of nitrogens with one attached hydrogen (secondary N) is 1. The maximum atomic E-state index is 12.8. The van der Waals surface area contributed by atoms with Gasteiger partial charge in [0.25, 0.3) is 5.91 Å². The van der Waals surface area contributed by atoms with Crippen LogP contribution in [0.2, 0.25) is 0 Å². The number of halogens is 3. The minimum absolute atomic E-state index is 0.158. The Bertz CT molecular complexity index is 1090. The summed E-state index contributed by atoms with van der Waals surface area (Å²) in [6, 6.07) is 10.2. The van der Waals surface area contributed by atoms with E-state index >= 15 is 0 Å². The third-order valence-corrected chi connectivity index (χ3v) is 5.81. The molecule has 0 bridgehead atoms. The zero-order chi connectivity index (χ0) is 20.8. The van der Waals surface area contributed by atoms with Crippen LogP contribution in [0.3, 0.4) is 0 Å². The van der Waals surface area contributed by atoms with Crippen molar-refractivity contribution in [1.82, 2.24) is 9.78 Å². The molecular formula is C21H18F3N3OS. The van der Waals surface area contributed by atoms with Crippen LogP contribution in [-0.4, -0.2) is 15.7 Å². The summed E-state index contributed by atoms with van der Waals surface area (Å²) in [5.74, 6) is 1.59. The van der Waals surface area contributed by atoms with Crippen LogP contribution in [0.1, 0.15) is 38.3 Å². The van der Waals surface area contributed by atoms with E-state index in [1.807, 2.05) is 32.0 Å². The highest BCUT2D eigenvalue weighted by atomic mass is 32.2. The Morgan fingerprint density at radius 3 is 2.48 bits per heavy atom. The molecule has 1 aromatic heterocycles. The summed E-state index contributed by atoms with van der Waals surface area (Å²) in [5, 5.41) is 7.55. The Labute approximate surface area is 170 Å². The second-order valence-electron chi connectivity index (χ2n) is 7.00. The van der Waals surface area contributed by atoms with Gasteiger partial charge in [-0.05, 0) is 49.7 Å². The van der Waals surface area contributed by atoms with Gasteiger partial charge in [0.1, 0.15) is 5.82 Å². The summed E-state index contributed by atoms with van der Waals surface area (Å²) < 4.78 is 40.0. The molecule has 0 saturated carbocycles. The number of hydrogen-bond donors (Lipinski definition) is 1. The highest BCUT2D eigenvalue weighted by Crippen LogP contribution is 2.37. The van der Waals surface area contributed by atoms with E-state index in [1.165, 1.54) is 12.1 Å². The van der Waals surface area contributed by atoms with Gasteiger partial charge in [0.05, 0.1) is 16.9 Å². The van der Waals surface area contributed by atoms with Crippen LogP contribution in [-0.2, 0) is 17.7 Å². The number of rotatable bonds is 3. The molecule has 1 amide bonds. The van der Waals surface area contributed by atoms with E-state index in [1.54, 1.807) is 16.4 Å². The molecule has 1 aliphatic heterocycles. The summed E-state index contributed by atoms with van der Waals surface area (Å²) >= 11 is 1.71. The molecule has 4 rings (SSSR count).